The van der Waals surface area contributed by atoms with Gasteiger partial charge in [-0.25, -0.2) is 0 Å². The molecule has 1 aromatic heterocycles. The van der Waals surface area contributed by atoms with Crippen molar-refractivity contribution in [2.75, 3.05) is 19.6 Å². The van der Waals surface area contributed by atoms with Crippen LogP contribution in [-0.4, -0.2) is 24.5 Å². The first-order valence-electron chi connectivity index (χ1n) is 8.01. The van der Waals surface area contributed by atoms with E-state index >= 15 is 0 Å². The van der Waals surface area contributed by atoms with Crippen LogP contribution in [0, 0.1) is 12.3 Å². The topological polar surface area (TPSA) is 15.3 Å². The molecule has 1 saturated heterocycles. The molecule has 114 valence electrons. The van der Waals surface area contributed by atoms with Crippen LogP contribution in [0.25, 0.3) is 0 Å². The zero-order valence-electron chi connectivity index (χ0n) is 13.6. The van der Waals surface area contributed by atoms with E-state index in [4.69, 9.17) is 0 Å². The predicted octanol–water partition coefficient (Wildman–Crippen LogP) is 4.18. The number of nitrogens with one attached hydrogen (secondary N) is 1. The third-order valence-corrected chi connectivity index (χ3v) is 5.49. The number of likely N-dealkylation sites (tertiary alicyclic amines) is 1. The van der Waals surface area contributed by atoms with E-state index < -0.39 is 0 Å². The van der Waals surface area contributed by atoms with Crippen molar-refractivity contribution in [1.82, 2.24) is 10.2 Å². The number of rotatable bonds is 6. The van der Waals surface area contributed by atoms with E-state index in [0.29, 0.717) is 5.41 Å². The highest BCUT2D eigenvalue weighted by Gasteiger charge is 2.25. The fourth-order valence-electron chi connectivity index (χ4n) is 2.78. The molecule has 1 fully saturated rings. The van der Waals surface area contributed by atoms with Gasteiger partial charge in [0.25, 0.3) is 0 Å². The van der Waals surface area contributed by atoms with Crippen LogP contribution in [0.4, 0.5) is 0 Å². The minimum Gasteiger partial charge on any atom is -0.312 e. The number of thiophene rings is 1. The third-order valence-electron chi connectivity index (χ3n) is 4.40. The van der Waals surface area contributed by atoms with E-state index in [1.54, 1.807) is 5.56 Å². The fourth-order valence-corrected chi connectivity index (χ4v) is 3.80. The quantitative estimate of drug-likeness (QED) is 0.792. The van der Waals surface area contributed by atoms with Crippen LogP contribution in [0.2, 0.25) is 0 Å². The van der Waals surface area contributed by atoms with Crippen molar-refractivity contribution in [2.45, 2.75) is 60.0 Å². The Morgan fingerprint density at radius 2 is 2.00 bits per heavy atom. The molecular weight excluding hydrogens is 264 g/mol. The summed E-state index contributed by atoms with van der Waals surface area (Å²) in [5, 5.41) is 3.50. The summed E-state index contributed by atoms with van der Waals surface area (Å²) in [6.45, 7) is 15.1. The Labute approximate surface area is 128 Å². The lowest BCUT2D eigenvalue weighted by Crippen LogP contribution is -2.36. The van der Waals surface area contributed by atoms with Crippen LogP contribution >= 0.6 is 11.3 Å². The molecular formula is C17H30N2S. The number of piperidine rings is 1. The maximum absolute atomic E-state index is 3.50. The lowest BCUT2D eigenvalue weighted by Gasteiger charge is -2.36. The van der Waals surface area contributed by atoms with Gasteiger partial charge in [0, 0.05) is 22.8 Å². The van der Waals surface area contributed by atoms with Gasteiger partial charge in [-0.3, -0.25) is 4.90 Å². The first kappa shape index (κ1) is 16.0. The molecule has 3 heteroatoms. The lowest BCUT2D eigenvalue weighted by atomic mass is 9.82. The molecule has 0 saturated carbocycles. The van der Waals surface area contributed by atoms with E-state index in [1.165, 1.54) is 42.1 Å². The highest BCUT2D eigenvalue weighted by Crippen LogP contribution is 2.31. The molecule has 0 bridgehead atoms. The maximum atomic E-state index is 3.50. The molecule has 0 unspecified atom stereocenters. The summed E-state index contributed by atoms with van der Waals surface area (Å²) in [7, 11) is 0. The number of aryl methyl sites for hydroxylation is 1. The van der Waals surface area contributed by atoms with Gasteiger partial charge in [-0.2, -0.15) is 0 Å². The average molecular weight is 295 g/mol. The van der Waals surface area contributed by atoms with E-state index in [0.717, 1.165) is 19.6 Å². The molecule has 0 aromatic carbocycles. The van der Waals surface area contributed by atoms with Crippen LogP contribution in [0.5, 0.6) is 0 Å². The Bertz CT molecular complexity index is 413. The number of nitrogens with zero attached hydrogens (tertiary/aromatic N) is 1. The molecule has 1 aliphatic rings. The monoisotopic (exact) mass is 294 g/mol. The summed E-state index contributed by atoms with van der Waals surface area (Å²) in [5.41, 5.74) is 2.10. The third kappa shape index (κ3) is 4.57. The van der Waals surface area contributed by atoms with Crippen molar-refractivity contribution in [2.24, 2.45) is 5.41 Å². The molecule has 1 N–H and O–H groups in total. The van der Waals surface area contributed by atoms with Crippen LogP contribution in [0.3, 0.4) is 0 Å². The Morgan fingerprint density at radius 3 is 2.65 bits per heavy atom. The zero-order valence-corrected chi connectivity index (χ0v) is 14.4. The minimum atomic E-state index is 0.551. The summed E-state index contributed by atoms with van der Waals surface area (Å²) < 4.78 is 0. The minimum absolute atomic E-state index is 0.551. The molecule has 0 atom stereocenters. The molecule has 1 aliphatic heterocycles. The second kappa shape index (κ2) is 7.06. The van der Waals surface area contributed by atoms with Gasteiger partial charge in [-0.05, 0) is 62.9 Å². The maximum Gasteiger partial charge on any atom is 0.0299 e. The van der Waals surface area contributed by atoms with Crippen molar-refractivity contribution in [3.63, 3.8) is 0 Å². The summed E-state index contributed by atoms with van der Waals surface area (Å²) in [4.78, 5) is 5.62. The van der Waals surface area contributed by atoms with Crippen molar-refractivity contribution in [3.05, 3.63) is 21.4 Å². The molecule has 1 aromatic rings. The molecule has 2 nitrogen and oxygen atoms in total. The van der Waals surface area contributed by atoms with Crippen LogP contribution in [0.15, 0.2) is 6.07 Å². The van der Waals surface area contributed by atoms with Crippen molar-refractivity contribution >= 4 is 11.3 Å². The fraction of sp³-hybridized carbons (Fsp3) is 0.765. The molecule has 0 amide bonds. The Balaban J connectivity index is 1.86. The second-order valence-electron chi connectivity index (χ2n) is 6.91. The van der Waals surface area contributed by atoms with Gasteiger partial charge >= 0.3 is 0 Å². The molecule has 2 rings (SSSR count). The number of hydrogen-bond donors (Lipinski definition) is 1. The smallest absolute Gasteiger partial charge is 0.0299 e. The molecule has 0 aliphatic carbocycles. The Kier molecular flexibility index (Phi) is 5.65. The normalized spacial score (nSPS) is 19.4. The van der Waals surface area contributed by atoms with Crippen molar-refractivity contribution in [3.8, 4) is 0 Å². The molecule has 0 spiro atoms. The van der Waals surface area contributed by atoms with Gasteiger partial charge in [0.05, 0.1) is 0 Å². The van der Waals surface area contributed by atoms with Crippen molar-refractivity contribution < 1.29 is 0 Å². The molecule has 0 radical (unpaired) electrons. The highest BCUT2D eigenvalue weighted by atomic mass is 32.1. The average Bonchev–Trinajstić information content (AvgIpc) is 2.73. The van der Waals surface area contributed by atoms with Gasteiger partial charge < -0.3 is 5.32 Å². The van der Waals surface area contributed by atoms with E-state index in [9.17, 15) is 0 Å². The SMILES string of the molecule is CCCNCc1cc(CN2CCC(C)(C)CC2)c(C)s1. The first-order valence-corrected chi connectivity index (χ1v) is 8.83. The van der Waals surface area contributed by atoms with Gasteiger partial charge in [0.1, 0.15) is 0 Å². The van der Waals surface area contributed by atoms with Gasteiger partial charge in [-0.15, -0.1) is 11.3 Å². The van der Waals surface area contributed by atoms with Gasteiger partial charge in [-0.1, -0.05) is 20.8 Å². The number of hydrogen-bond acceptors (Lipinski definition) is 3. The Morgan fingerprint density at radius 1 is 1.30 bits per heavy atom. The van der Waals surface area contributed by atoms with E-state index in [-0.39, 0.29) is 0 Å². The van der Waals surface area contributed by atoms with E-state index in [2.05, 4.69) is 44.0 Å². The zero-order chi connectivity index (χ0) is 14.6. The van der Waals surface area contributed by atoms with Crippen LogP contribution in [0.1, 0.15) is 55.4 Å². The second-order valence-corrected chi connectivity index (χ2v) is 8.25. The van der Waals surface area contributed by atoms with Crippen molar-refractivity contribution in [1.29, 1.82) is 0 Å². The largest absolute Gasteiger partial charge is 0.312 e. The predicted molar refractivity (Wildman–Crippen MR) is 89.3 cm³/mol. The summed E-state index contributed by atoms with van der Waals surface area (Å²) in [5.74, 6) is 0. The molecule has 2 heterocycles. The molecule has 20 heavy (non-hydrogen) atoms. The lowest BCUT2D eigenvalue weighted by molar-refractivity contribution is 0.127. The summed E-state index contributed by atoms with van der Waals surface area (Å²) >= 11 is 1.96. The van der Waals surface area contributed by atoms with Crippen LogP contribution in [-0.2, 0) is 13.1 Å². The van der Waals surface area contributed by atoms with Gasteiger partial charge in [0.2, 0.25) is 0 Å². The first-order chi connectivity index (χ1) is 9.50. The van der Waals surface area contributed by atoms with E-state index in [1.807, 2.05) is 11.3 Å². The Hall–Kier alpha value is -0.380. The van der Waals surface area contributed by atoms with Gasteiger partial charge in [0.15, 0.2) is 0 Å². The summed E-state index contributed by atoms with van der Waals surface area (Å²) in [6, 6.07) is 2.42. The van der Waals surface area contributed by atoms with Crippen LogP contribution < -0.4 is 5.32 Å². The standard InChI is InChI=1S/C17H30N2S/c1-5-8-18-12-16-11-15(14(2)20-16)13-19-9-6-17(3,4)7-10-19/h11,18H,5-10,12-13H2,1-4H3. The summed E-state index contributed by atoms with van der Waals surface area (Å²) in [6.07, 6.45) is 3.88. The highest BCUT2D eigenvalue weighted by molar-refractivity contribution is 7.12.